The Morgan fingerprint density at radius 3 is 2.79 bits per heavy atom. The van der Waals surface area contributed by atoms with Gasteiger partial charge in [-0.1, -0.05) is 49.1 Å². The number of amides is 1. The van der Waals surface area contributed by atoms with Gasteiger partial charge >= 0.3 is 0 Å². The van der Waals surface area contributed by atoms with Gasteiger partial charge in [-0.3, -0.25) is 4.79 Å². The number of aryl methyl sites for hydroxylation is 1. The molecule has 0 spiro atoms. The highest BCUT2D eigenvalue weighted by Gasteiger charge is 2.42. The third-order valence-corrected chi connectivity index (χ3v) is 5.45. The lowest BCUT2D eigenvalue weighted by molar-refractivity contribution is -0.157. The molecule has 1 saturated heterocycles. The Labute approximate surface area is 145 Å². The Hall–Kier alpha value is -1.39. The average molecular weight is 330 g/mol. The van der Waals surface area contributed by atoms with E-state index in [1.807, 2.05) is 17.0 Å². The summed E-state index contributed by atoms with van der Waals surface area (Å²) in [4.78, 5) is 14.7. The first kappa shape index (κ1) is 17.4. The summed E-state index contributed by atoms with van der Waals surface area (Å²) in [5.74, 6) is -0.112. The Morgan fingerprint density at radius 2 is 2.04 bits per heavy atom. The lowest BCUT2D eigenvalue weighted by Crippen LogP contribution is -2.58. The predicted molar refractivity (Wildman–Crippen MR) is 95.7 cm³/mol. The number of hydrogen-bond donors (Lipinski definition) is 2. The number of nitrogens with zero attached hydrogens (tertiary/aromatic N) is 1. The maximum Gasteiger partial charge on any atom is 0.256 e. The van der Waals surface area contributed by atoms with E-state index in [4.69, 9.17) is 0 Å². The molecule has 1 saturated carbocycles. The second-order valence-corrected chi connectivity index (χ2v) is 7.57. The van der Waals surface area contributed by atoms with Gasteiger partial charge < -0.3 is 15.3 Å². The maximum atomic E-state index is 12.8. The van der Waals surface area contributed by atoms with Crippen LogP contribution in [0.15, 0.2) is 24.3 Å². The van der Waals surface area contributed by atoms with Crippen LogP contribution in [-0.4, -0.2) is 40.6 Å². The number of carbonyl (C=O) groups is 1. The van der Waals surface area contributed by atoms with Crippen LogP contribution >= 0.6 is 0 Å². The van der Waals surface area contributed by atoms with Crippen LogP contribution < -0.4 is 5.32 Å². The lowest BCUT2D eigenvalue weighted by Gasteiger charge is -2.39. The van der Waals surface area contributed by atoms with Crippen LogP contribution in [0.5, 0.6) is 0 Å². The number of carbonyl (C=O) groups excluding carboxylic acids is 1. The van der Waals surface area contributed by atoms with Crippen LogP contribution in [0.2, 0.25) is 0 Å². The minimum atomic E-state index is -1.24. The Morgan fingerprint density at radius 1 is 1.25 bits per heavy atom. The molecule has 24 heavy (non-hydrogen) atoms. The maximum absolute atomic E-state index is 12.8. The van der Waals surface area contributed by atoms with Crippen LogP contribution in [0.4, 0.5) is 0 Å². The summed E-state index contributed by atoms with van der Waals surface area (Å²) in [6.07, 6.45) is 7.57. The quantitative estimate of drug-likeness (QED) is 0.873. The molecule has 1 amide bonds. The van der Waals surface area contributed by atoms with Crippen molar-refractivity contribution in [2.45, 2.75) is 70.1 Å². The molecule has 0 radical (unpaired) electrons. The molecule has 1 heterocycles. The molecular formula is C20H30N2O2. The van der Waals surface area contributed by atoms with Gasteiger partial charge in [0.15, 0.2) is 5.60 Å². The highest BCUT2D eigenvalue weighted by Crippen LogP contribution is 2.25. The SMILES string of the molecule is Cc1cccc(CN2CCCC(O)(CNC3CCCCC3)C2=O)c1. The summed E-state index contributed by atoms with van der Waals surface area (Å²) in [5, 5.41) is 14.4. The monoisotopic (exact) mass is 330 g/mol. The van der Waals surface area contributed by atoms with E-state index in [9.17, 15) is 9.90 Å². The summed E-state index contributed by atoms with van der Waals surface area (Å²) in [6, 6.07) is 8.71. The lowest BCUT2D eigenvalue weighted by atomic mass is 9.89. The first-order valence-corrected chi connectivity index (χ1v) is 9.37. The van der Waals surface area contributed by atoms with Crippen molar-refractivity contribution in [3.63, 3.8) is 0 Å². The first-order chi connectivity index (χ1) is 11.6. The zero-order chi connectivity index (χ0) is 17.0. The van der Waals surface area contributed by atoms with Crippen molar-refractivity contribution in [2.24, 2.45) is 0 Å². The van der Waals surface area contributed by atoms with Crippen LogP contribution in [0.1, 0.15) is 56.1 Å². The smallest absolute Gasteiger partial charge is 0.256 e. The molecular weight excluding hydrogens is 300 g/mol. The van der Waals surface area contributed by atoms with Gasteiger partial charge in [-0.05, 0) is 38.2 Å². The minimum absolute atomic E-state index is 0.112. The van der Waals surface area contributed by atoms with Crippen molar-refractivity contribution < 1.29 is 9.90 Å². The van der Waals surface area contributed by atoms with Crippen molar-refractivity contribution in [3.05, 3.63) is 35.4 Å². The molecule has 2 fully saturated rings. The fraction of sp³-hybridized carbons (Fsp3) is 0.650. The summed E-state index contributed by atoms with van der Waals surface area (Å²) in [6.45, 7) is 3.78. The van der Waals surface area contributed by atoms with Crippen molar-refractivity contribution in [3.8, 4) is 0 Å². The van der Waals surface area contributed by atoms with E-state index >= 15 is 0 Å². The Bertz CT molecular complexity index is 569. The van der Waals surface area contributed by atoms with E-state index < -0.39 is 5.60 Å². The molecule has 1 aliphatic heterocycles. The van der Waals surface area contributed by atoms with Crippen LogP contribution in [0.3, 0.4) is 0 Å². The number of benzene rings is 1. The van der Waals surface area contributed by atoms with Crippen molar-refractivity contribution in [2.75, 3.05) is 13.1 Å². The summed E-state index contributed by atoms with van der Waals surface area (Å²) >= 11 is 0. The molecule has 1 atom stereocenters. The second kappa shape index (κ2) is 7.66. The second-order valence-electron chi connectivity index (χ2n) is 7.57. The highest BCUT2D eigenvalue weighted by molar-refractivity contribution is 5.86. The van der Waals surface area contributed by atoms with Gasteiger partial charge in [-0.25, -0.2) is 0 Å². The van der Waals surface area contributed by atoms with Gasteiger partial charge in [0, 0.05) is 25.7 Å². The minimum Gasteiger partial charge on any atom is -0.379 e. The van der Waals surface area contributed by atoms with Gasteiger partial charge in [0.2, 0.25) is 0 Å². The zero-order valence-electron chi connectivity index (χ0n) is 14.8. The third-order valence-electron chi connectivity index (χ3n) is 5.45. The molecule has 1 unspecified atom stereocenters. The molecule has 1 aliphatic carbocycles. The number of piperidine rings is 1. The predicted octanol–water partition coefficient (Wildman–Crippen LogP) is 2.77. The topological polar surface area (TPSA) is 52.6 Å². The standard InChI is InChI=1S/C20H30N2O2/c1-16-7-5-8-17(13-16)14-22-12-6-11-20(24,19(22)23)15-21-18-9-3-2-4-10-18/h5,7-8,13,18,21,24H,2-4,6,9-12,14-15H2,1H3. The number of aliphatic hydroxyl groups is 1. The van der Waals surface area contributed by atoms with Crippen LogP contribution in [0.25, 0.3) is 0 Å². The average Bonchev–Trinajstić information content (AvgIpc) is 2.59. The van der Waals surface area contributed by atoms with E-state index in [0.29, 0.717) is 25.6 Å². The molecule has 2 aliphatic rings. The molecule has 132 valence electrons. The largest absolute Gasteiger partial charge is 0.379 e. The van der Waals surface area contributed by atoms with Crippen molar-refractivity contribution >= 4 is 5.91 Å². The number of rotatable bonds is 5. The fourth-order valence-electron chi connectivity index (χ4n) is 4.03. The van der Waals surface area contributed by atoms with Gasteiger partial charge in [0.05, 0.1) is 0 Å². The van der Waals surface area contributed by atoms with Crippen molar-refractivity contribution in [1.29, 1.82) is 0 Å². The molecule has 0 bridgehead atoms. The summed E-state index contributed by atoms with van der Waals surface area (Å²) < 4.78 is 0. The first-order valence-electron chi connectivity index (χ1n) is 9.37. The molecule has 4 heteroatoms. The number of likely N-dealkylation sites (tertiary alicyclic amines) is 1. The van der Waals surface area contributed by atoms with E-state index in [0.717, 1.165) is 31.4 Å². The van der Waals surface area contributed by atoms with Gasteiger partial charge in [0.1, 0.15) is 0 Å². The normalized spacial score (nSPS) is 25.9. The van der Waals surface area contributed by atoms with Crippen LogP contribution in [-0.2, 0) is 11.3 Å². The van der Waals surface area contributed by atoms with E-state index in [1.165, 1.54) is 24.8 Å². The van der Waals surface area contributed by atoms with Crippen LogP contribution in [0, 0.1) is 6.92 Å². The molecule has 3 rings (SSSR count). The van der Waals surface area contributed by atoms with E-state index in [1.54, 1.807) is 0 Å². The Kier molecular flexibility index (Phi) is 5.57. The molecule has 4 nitrogen and oxygen atoms in total. The van der Waals surface area contributed by atoms with E-state index in [2.05, 4.69) is 24.4 Å². The number of nitrogens with one attached hydrogen (secondary N) is 1. The fourth-order valence-corrected chi connectivity index (χ4v) is 4.03. The highest BCUT2D eigenvalue weighted by atomic mass is 16.3. The zero-order valence-corrected chi connectivity index (χ0v) is 14.8. The third kappa shape index (κ3) is 4.17. The molecule has 2 N–H and O–H groups in total. The van der Waals surface area contributed by atoms with Gasteiger partial charge in [-0.15, -0.1) is 0 Å². The molecule has 0 aromatic heterocycles. The number of hydrogen-bond acceptors (Lipinski definition) is 3. The van der Waals surface area contributed by atoms with Gasteiger partial charge in [-0.2, -0.15) is 0 Å². The molecule has 1 aromatic rings. The van der Waals surface area contributed by atoms with Gasteiger partial charge in [0.25, 0.3) is 5.91 Å². The summed E-state index contributed by atoms with van der Waals surface area (Å²) in [5.41, 5.74) is 1.10. The summed E-state index contributed by atoms with van der Waals surface area (Å²) in [7, 11) is 0. The molecule has 1 aromatic carbocycles. The Balaban J connectivity index is 1.60. The van der Waals surface area contributed by atoms with E-state index in [-0.39, 0.29) is 5.91 Å². The van der Waals surface area contributed by atoms with Crippen molar-refractivity contribution in [1.82, 2.24) is 10.2 Å².